The van der Waals surface area contributed by atoms with Crippen LogP contribution in [-0.4, -0.2) is 16.3 Å². The van der Waals surface area contributed by atoms with Crippen LogP contribution in [0.15, 0.2) is 12.1 Å². The molecule has 4 heteroatoms. The van der Waals surface area contributed by atoms with Crippen molar-refractivity contribution in [2.75, 3.05) is 0 Å². The highest BCUT2D eigenvalue weighted by molar-refractivity contribution is 6.32. The number of hydrogen-bond acceptors (Lipinski definition) is 2. The number of benzene rings is 1. The summed E-state index contributed by atoms with van der Waals surface area (Å²) in [5.41, 5.74) is 2.49. The third kappa shape index (κ3) is 1.21. The normalized spacial score (nSPS) is 10.6. The number of nitrogens with zero attached hydrogens (tertiary/aromatic N) is 1. The Balaban J connectivity index is 2.83. The number of carbonyl (C=O) groups is 1. The van der Waals surface area contributed by atoms with Crippen LogP contribution < -0.4 is 0 Å². The highest BCUT2D eigenvalue weighted by Gasteiger charge is 2.06. The van der Waals surface area contributed by atoms with Crippen LogP contribution in [0.1, 0.15) is 16.2 Å². The van der Waals surface area contributed by atoms with Gasteiger partial charge in [0.15, 0.2) is 12.1 Å². The number of aromatic amines is 1. The Kier molecular flexibility index (Phi) is 1.81. The molecule has 0 spiro atoms. The molecule has 1 aromatic carbocycles. The van der Waals surface area contributed by atoms with Gasteiger partial charge >= 0.3 is 0 Å². The Morgan fingerprint density at radius 2 is 2.31 bits per heavy atom. The lowest BCUT2D eigenvalue weighted by Gasteiger charge is -1.95. The molecule has 2 rings (SSSR count). The van der Waals surface area contributed by atoms with Gasteiger partial charge in [0.2, 0.25) is 0 Å². The SMILES string of the molecule is Cc1c(Cl)ccc2[nH]c(C=O)nc12. The first-order valence-electron chi connectivity index (χ1n) is 3.82. The van der Waals surface area contributed by atoms with Crippen molar-refractivity contribution in [2.24, 2.45) is 0 Å². The first-order chi connectivity index (χ1) is 6.22. The third-order valence-corrected chi connectivity index (χ3v) is 2.38. The number of fused-ring (bicyclic) bond motifs is 1. The van der Waals surface area contributed by atoms with Crippen LogP contribution >= 0.6 is 11.6 Å². The van der Waals surface area contributed by atoms with E-state index in [1.54, 1.807) is 6.07 Å². The molecule has 13 heavy (non-hydrogen) atoms. The molecule has 0 unspecified atom stereocenters. The van der Waals surface area contributed by atoms with E-state index in [2.05, 4.69) is 9.97 Å². The zero-order chi connectivity index (χ0) is 9.42. The van der Waals surface area contributed by atoms with Gasteiger partial charge in [0.25, 0.3) is 0 Å². The van der Waals surface area contributed by atoms with E-state index in [0.717, 1.165) is 16.6 Å². The van der Waals surface area contributed by atoms with Crippen LogP contribution in [0, 0.1) is 6.92 Å². The number of H-pyrrole nitrogens is 1. The van der Waals surface area contributed by atoms with Crippen LogP contribution in [0.25, 0.3) is 11.0 Å². The molecule has 0 radical (unpaired) electrons. The monoisotopic (exact) mass is 194 g/mol. The number of nitrogens with one attached hydrogen (secondary N) is 1. The molecule has 0 saturated carbocycles. The number of aromatic nitrogens is 2. The van der Waals surface area contributed by atoms with Gasteiger partial charge in [-0.1, -0.05) is 11.6 Å². The number of aryl methyl sites for hydroxylation is 1. The molecule has 0 fully saturated rings. The number of imidazole rings is 1. The van der Waals surface area contributed by atoms with Crippen molar-refractivity contribution in [1.29, 1.82) is 0 Å². The molecule has 1 N–H and O–H groups in total. The Bertz CT molecular complexity index is 476. The van der Waals surface area contributed by atoms with Crippen molar-refractivity contribution in [3.8, 4) is 0 Å². The highest BCUT2D eigenvalue weighted by atomic mass is 35.5. The average molecular weight is 195 g/mol. The summed E-state index contributed by atoms with van der Waals surface area (Å²) in [6.07, 6.45) is 0.688. The predicted octanol–water partition coefficient (Wildman–Crippen LogP) is 2.34. The van der Waals surface area contributed by atoms with E-state index >= 15 is 0 Å². The minimum Gasteiger partial charge on any atom is -0.336 e. The Morgan fingerprint density at radius 3 is 3.00 bits per heavy atom. The van der Waals surface area contributed by atoms with Crippen molar-refractivity contribution >= 4 is 28.9 Å². The summed E-state index contributed by atoms with van der Waals surface area (Å²) in [5, 5.41) is 0.663. The first kappa shape index (κ1) is 8.26. The van der Waals surface area contributed by atoms with Gasteiger partial charge in [0, 0.05) is 5.02 Å². The lowest BCUT2D eigenvalue weighted by atomic mass is 10.2. The molecule has 0 aliphatic carbocycles. The quantitative estimate of drug-likeness (QED) is 0.709. The standard InChI is InChI=1S/C9H7ClN2O/c1-5-6(10)2-3-7-9(5)12-8(4-13)11-7/h2-4H,1H3,(H,11,12). The molecule has 0 bridgehead atoms. The topological polar surface area (TPSA) is 45.8 Å². The maximum absolute atomic E-state index is 10.4. The zero-order valence-corrected chi connectivity index (χ0v) is 7.72. The molecule has 2 aromatic rings. The molecule has 0 aliphatic rings. The molecule has 0 aliphatic heterocycles. The average Bonchev–Trinajstić information content (AvgIpc) is 2.55. The first-order valence-corrected chi connectivity index (χ1v) is 4.20. The highest BCUT2D eigenvalue weighted by Crippen LogP contribution is 2.22. The minimum atomic E-state index is 0.334. The van der Waals surface area contributed by atoms with Gasteiger partial charge in [-0.05, 0) is 24.6 Å². The van der Waals surface area contributed by atoms with Gasteiger partial charge in [-0.3, -0.25) is 4.79 Å². The number of rotatable bonds is 1. The molecule has 0 saturated heterocycles. The molecule has 0 atom stereocenters. The summed E-state index contributed by atoms with van der Waals surface area (Å²) in [7, 11) is 0. The molecule has 1 aromatic heterocycles. The van der Waals surface area contributed by atoms with Crippen LogP contribution in [0.4, 0.5) is 0 Å². The van der Waals surface area contributed by atoms with E-state index in [1.165, 1.54) is 0 Å². The summed E-state index contributed by atoms with van der Waals surface area (Å²) in [4.78, 5) is 17.4. The van der Waals surface area contributed by atoms with Gasteiger partial charge in [-0.2, -0.15) is 0 Å². The Hall–Kier alpha value is -1.35. The van der Waals surface area contributed by atoms with Crippen LogP contribution in [-0.2, 0) is 0 Å². The fraction of sp³-hybridized carbons (Fsp3) is 0.111. The zero-order valence-electron chi connectivity index (χ0n) is 6.97. The van der Waals surface area contributed by atoms with E-state index in [4.69, 9.17) is 11.6 Å². The fourth-order valence-electron chi connectivity index (χ4n) is 1.26. The Morgan fingerprint density at radius 1 is 1.54 bits per heavy atom. The molecule has 3 nitrogen and oxygen atoms in total. The van der Waals surface area contributed by atoms with Crippen molar-refractivity contribution in [2.45, 2.75) is 6.92 Å². The third-order valence-electron chi connectivity index (χ3n) is 1.97. The number of hydrogen-bond donors (Lipinski definition) is 1. The van der Waals surface area contributed by atoms with Crippen LogP contribution in [0.5, 0.6) is 0 Å². The van der Waals surface area contributed by atoms with Crippen molar-refractivity contribution in [1.82, 2.24) is 9.97 Å². The molecule has 66 valence electrons. The van der Waals surface area contributed by atoms with Gasteiger partial charge in [-0.25, -0.2) is 4.98 Å². The largest absolute Gasteiger partial charge is 0.336 e. The second-order valence-corrected chi connectivity index (χ2v) is 3.22. The summed E-state index contributed by atoms with van der Waals surface area (Å²) < 4.78 is 0. The maximum Gasteiger partial charge on any atom is 0.185 e. The number of aldehydes is 1. The molecule has 1 heterocycles. The second-order valence-electron chi connectivity index (χ2n) is 2.81. The van der Waals surface area contributed by atoms with Crippen molar-refractivity contribution < 1.29 is 4.79 Å². The van der Waals surface area contributed by atoms with E-state index in [-0.39, 0.29) is 0 Å². The summed E-state index contributed by atoms with van der Waals surface area (Å²) >= 11 is 5.90. The molecular weight excluding hydrogens is 188 g/mol. The van der Waals surface area contributed by atoms with Gasteiger partial charge < -0.3 is 4.98 Å². The smallest absolute Gasteiger partial charge is 0.185 e. The summed E-state index contributed by atoms with van der Waals surface area (Å²) in [5.74, 6) is 0.334. The van der Waals surface area contributed by atoms with E-state index in [1.807, 2.05) is 13.0 Å². The van der Waals surface area contributed by atoms with Crippen LogP contribution in [0.3, 0.4) is 0 Å². The molecular formula is C9H7ClN2O. The van der Waals surface area contributed by atoms with E-state index in [9.17, 15) is 4.79 Å². The predicted molar refractivity (Wildman–Crippen MR) is 51.2 cm³/mol. The van der Waals surface area contributed by atoms with Gasteiger partial charge in [0.05, 0.1) is 11.0 Å². The Labute approximate surface area is 79.7 Å². The summed E-state index contributed by atoms with van der Waals surface area (Å²) in [6, 6.07) is 3.59. The van der Waals surface area contributed by atoms with Gasteiger partial charge in [-0.15, -0.1) is 0 Å². The van der Waals surface area contributed by atoms with Gasteiger partial charge in [0.1, 0.15) is 0 Å². The van der Waals surface area contributed by atoms with Crippen molar-refractivity contribution in [3.63, 3.8) is 0 Å². The maximum atomic E-state index is 10.4. The van der Waals surface area contributed by atoms with E-state index in [0.29, 0.717) is 17.1 Å². The minimum absolute atomic E-state index is 0.334. The number of carbonyl (C=O) groups excluding carboxylic acids is 1. The van der Waals surface area contributed by atoms with E-state index < -0.39 is 0 Å². The van der Waals surface area contributed by atoms with Crippen molar-refractivity contribution in [3.05, 3.63) is 28.5 Å². The second kappa shape index (κ2) is 2.85. The summed E-state index contributed by atoms with van der Waals surface area (Å²) in [6.45, 7) is 1.88. The van der Waals surface area contributed by atoms with Crippen LogP contribution in [0.2, 0.25) is 5.02 Å². The lowest BCUT2D eigenvalue weighted by molar-refractivity contribution is 0.111. The number of halogens is 1. The fourth-order valence-corrected chi connectivity index (χ4v) is 1.42. The lowest BCUT2D eigenvalue weighted by Crippen LogP contribution is -1.80. The molecule has 0 amide bonds.